The van der Waals surface area contributed by atoms with Gasteiger partial charge in [0.2, 0.25) is 20.8 Å². The van der Waals surface area contributed by atoms with Crippen LogP contribution < -0.4 is 172 Å². The molecule has 138 valence electrons. The Labute approximate surface area is 276 Å². The molecule has 0 aromatic carbocycles. The Bertz CT molecular complexity index is 635. The molecule has 0 bridgehead atoms. The van der Waals surface area contributed by atoms with Crippen LogP contribution in [0, 0.1) is 0 Å². The molecule has 0 radical (unpaired) electrons. The Morgan fingerprint density at radius 1 is 0.577 bits per heavy atom. The zero-order valence-corrected chi connectivity index (χ0v) is 26.6. The van der Waals surface area contributed by atoms with Gasteiger partial charge in [-0.2, -0.15) is 16.8 Å². The fraction of sp³-hybridized carbons (Fsp3) is 0. The summed E-state index contributed by atoms with van der Waals surface area (Å²) in [5, 5.41) is 17.2. The van der Waals surface area contributed by atoms with Gasteiger partial charge in [0, 0.05) is 0 Å². The zero-order valence-electron chi connectivity index (χ0n) is 13.1. The van der Waals surface area contributed by atoms with Crippen LogP contribution in [0.15, 0.2) is 0 Å². The molecule has 0 unspecified atom stereocenters. The Kier molecular flexibility index (Phi) is 42.4. The number of hydrogen-bond acceptors (Lipinski definition) is 16. The van der Waals surface area contributed by atoms with E-state index >= 15 is 0 Å². The van der Waals surface area contributed by atoms with Gasteiger partial charge in [0.1, 0.15) is 0 Å². The van der Waals surface area contributed by atoms with Crippen molar-refractivity contribution in [3.63, 3.8) is 0 Å². The van der Waals surface area contributed by atoms with Crippen LogP contribution in [0.25, 0.3) is 0 Å². The van der Waals surface area contributed by atoms with Crippen LogP contribution in [0.2, 0.25) is 0 Å². The summed E-state index contributed by atoms with van der Waals surface area (Å²) in [4.78, 5) is 0. The van der Waals surface area contributed by atoms with Crippen LogP contribution in [0.4, 0.5) is 0 Å². The predicted octanol–water partition coefficient (Wildman–Crippen LogP) is -18.0. The van der Waals surface area contributed by atoms with Gasteiger partial charge < -0.3 is 28.3 Å². The molecule has 0 aromatic heterocycles. The fourth-order valence-corrected chi connectivity index (χ4v) is 0.612. The van der Waals surface area contributed by atoms with Crippen LogP contribution in [-0.4, -0.2) is 51.9 Å². The monoisotopic (exact) mass is 542 g/mol. The normalized spacial score (nSPS) is 10.5. The summed E-state index contributed by atoms with van der Waals surface area (Å²) in [5.41, 5.74) is 0. The first kappa shape index (κ1) is 48.2. The SMILES string of the molecule is O=S(=O)(O)O[O-].O=S(=O)(O)O[O-].O=S(=O)([O-])OOS(=O)(=O)[O-].[K+].[K+].[Na+].[Na+]. The number of rotatable bonds is 5. The third kappa shape index (κ3) is 70.3. The zero-order chi connectivity index (χ0) is 18.8. The molecular formula is H2K2Na2O18S4. The molecule has 0 spiro atoms. The predicted molar refractivity (Wildman–Crippen MR) is 46.8 cm³/mol. The van der Waals surface area contributed by atoms with E-state index < -0.39 is 41.6 Å². The molecule has 26 heavy (non-hydrogen) atoms. The van der Waals surface area contributed by atoms with E-state index in [1.54, 1.807) is 0 Å². The van der Waals surface area contributed by atoms with Crippen molar-refractivity contribution in [3.05, 3.63) is 0 Å². The van der Waals surface area contributed by atoms with Gasteiger partial charge in [0.05, 0.1) is 0 Å². The maximum atomic E-state index is 9.37. The van der Waals surface area contributed by atoms with Gasteiger partial charge in [-0.25, -0.2) is 16.8 Å². The van der Waals surface area contributed by atoms with Crippen LogP contribution in [-0.2, 0) is 58.9 Å². The van der Waals surface area contributed by atoms with Crippen molar-refractivity contribution in [1.29, 1.82) is 0 Å². The smallest absolute Gasteiger partial charge is 0.724 e. The molecule has 26 heteroatoms. The summed E-state index contributed by atoms with van der Waals surface area (Å²) in [7, 11) is -20.1. The molecule has 0 aromatic rings. The van der Waals surface area contributed by atoms with Gasteiger partial charge in [-0.05, 0) is 0 Å². The summed E-state index contributed by atoms with van der Waals surface area (Å²) in [5.74, 6) is 0. The summed E-state index contributed by atoms with van der Waals surface area (Å²) in [6.07, 6.45) is 0. The van der Waals surface area contributed by atoms with E-state index in [1.807, 2.05) is 0 Å². The van der Waals surface area contributed by atoms with E-state index in [0.29, 0.717) is 0 Å². The fourth-order valence-electron chi connectivity index (χ4n) is 0.0680. The van der Waals surface area contributed by atoms with E-state index in [-0.39, 0.29) is 162 Å². The summed E-state index contributed by atoms with van der Waals surface area (Å²) in [6, 6.07) is 0. The van der Waals surface area contributed by atoms with E-state index in [9.17, 15) is 25.9 Å². The molecule has 0 atom stereocenters. The second-order valence-corrected chi connectivity index (χ2v) is 5.83. The van der Waals surface area contributed by atoms with Crippen LogP contribution in [0.5, 0.6) is 0 Å². The first-order chi connectivity index (χ1) is 9.33. The van der Waals surface area contributed by atoms with E-state index in [0.717, 1.165) is 0 Å². The second kappa shape index (κ2) is 22.9. The Morgan fingerprint density at radius 2 is 0.692 bits per heavy atom. The molecule has 18 nitrogen and oxygen atoms in total. The van der Waals surface area contributed by atoms with Gasteiger partial charge in [0.25, 0.3) is 0 Å². The van der Waals surface area contributed by atoms with E-state index in [4.69, 9.17) is 36.5 Å². The largest absolute Gasteiger partial charge is 1.00 e. The Hall–Kier alpha value is 4.67. The maximum Gasteiger partial charge on any atom is 1.00 e. The van der Waals surface area contributed by atoms with Crippen molar-refractivity contribution in [2.45, 2.75) is 0 Å². The first-order valence-electron chi connectivity index (χ1n) is 3.20. The van der Waals surface area contributed by atoms with Crippen molar-refractivity contribution in [2.24, 2.45) is 0 Å². The Morgan fingerprint density at radius 3 is 0.731 bits per heavy atom. The summed E-state index contributed by atoms with van der Waals surface area (Å²) < 4.78 is 116. The van der Waals surface area contributed by atoms with E-state index in [2.05, 4.69) is 17.3 Å². The van der Waals surface area contributed by atoms with Crippen molar-refractivity contribution < 1.29 is 242 Å². The molecular weight excluding hydrogens is 540 g/mol. The summed E-state index contributed by atoms with van der Waals surface area (Å²) >= 11 is 0. The molecule has 0 amide bonds. The van der Waals surface area contributed by atoms with Gasteiger partial charge in [-0.15, -0.1) is 8.67 Å². The minimum atomic E-state index is -5.31. The van der Waals surface area contributed by atoms with Gasteiger partial charge in [0.15, 0.2) is 0 Å². The molecule has 0 saturated heterocycles. The summed E-state index contributed by atoms with van der Waals surface area (Å²) in [6.45, 7) is 0. The molecule has 0 aliphatic heterocycles. The minimum Gasteiger partial charge on any atom is -0.724 e. The van der Waals surface area contributed by atoms with Crippen molar-refractivity contribution in [3.8, 4) is 0 Å². The molecule has 0 heterocycles. The van der Waals surface area contributed by atoms with Crippen LogP contribution in [0.1, 0.15) is 0 Å². The average molecular weight is 542 g/mol. The topological polar surface area (TPSA) is 306 Å². The number of hydrogen-bond donors (Lipinski definition) is 2. The van der Waals surface area contributed by atoms with Crippen LogP contribution in [0.3, 0.4) is 0 Å². The average Bonchev–Trinajstić information content (AvgIpc) is 2.24. The molecule has 0 fully saturated rings. The second-order valence-electron chi connectivity index (χ2n) is 1.94. The van der Waals surface area contributed by atoms with Crippen molar-refractivity contribution >= 4 is 41.6 Å². The molecule has 0 saturated carbocycles. The Balaban J connectivity index is -0.0000000404. The van der Waals surface area contributed by atoms with Gasteiger partial charge in [-0.3, -0.25) is 9.11 Å². The van der Waals surface area contributed by atoms with Crippen molar-refractivity contribution in [2.75, 3.05) is 0 Å². The van der Waals surface area contributed by atoms with Gasteiger partial charge >= 0.3 is 183 Å². The minimum absolute atomic E-state index is 0. The molecule has 0 rings (SSSR count). The molecule has 0 aliphatic carbocycles. The van der Waals surface area contributed by atoms with E-state index in [1.165, 1.54) is 0 Å². The first-order valence-corrected chi connectivity index (χ1v) is 8.60. The van der Waals surface area contributed by atoms with Gasteiger partial charge in [-0.1, -0.05) is 0 Å². The van der Waals surface area contributed by atoms with Crippen molar-refractivity contribution in [1.82, 2.24) is 0 Å². The molecule has 2 N–H and O–H groups in total. The standard InChI is InChI=1S/2K.2Na.H2O8S2.2H2O5S/c;;;;1-9(2,3)7-8-10(4,5)6;2*1-5-6(2,3)4/h;;;;(H,1,2,3)(H,4,5,6);2*1H,(H,2,3,4)/q4*+1;;;/p-4. The van der Waals surface area contributed by atoms with Crippen LogP contribution >= 0.6 is 0 Å². The molecule has 0 aliphatic rings. The quantitative estimate of drug-likeness (QED) is 0.107. The third-order valence-corrected chi connectivity index (χ3v) is 1.27. The third-order valence-electron chi connectivity index (χ3n) is 0.366. The maximum absolute atomic E-state index is 9.37.